The van der Waals surface area contributed by atoms with Crippen LogP contribution >= 0.6 is 22.7 Å². The first-order chi connectivity index (χ1) is 14.0. The van der Waals surface area contributed by atoms with Crippen LogP contribution in [-0.4, -0.2) is 13.3 Å². The van der Waals surface area contributed by atoms with Gasteiger partial charge in [0.25, 0.3) is 0 Å². The zero-order valence-electron chi connectivity index (χ0n) is 19.7. The molecule has 0 fully saturated rings. The van der Waals surface area contributed by atoms with Crippen molar-refractivity contribution < 1.29 is 0 Å². The van der Waals surface area contributed by atoms with Crippen LogP contribution in [0.3, 0.4) is 0 Å². The van der Waals surface area contributed by atoms with Crippen molar-refractivity contribution in [3.05, 3.63) is 21.9 Å². The second kappa shape index (κ2) is 10.5. The molecule has 0 saturated heterocycles. The fraction of sp³-hybridized carbons (Fsp3) is 0.692. The molecular weight excluding hydrogens is 449 g/mol. The number of fused-ring (bicyclic) bond motifs is 3. The molecule has 0 amide bonds. The molecule has 0 aliphatic carbocycles. The quantitative estimate of drug-likeness (QED) is 0.262. The molecule has 0 bridgehead atoms. The summed E-state index contributed by atoms with van der Waals surface area (Å²) in [6, 6.07) is 5.31. The van der Waals surface area contributed by atoms with Gasteiger partial charge in [0.05, 0.1) is 0 Å². The van der Waals surface area contributed by atoms with Crippen LogP contribution in [0, 0.1) is 25.7 Å². The second-order valence-corrected chi connectivity index (χ2v) is 20.5. The molecular formula is C26H42GeS2. The number of hydrogen-bond acceptors (Lipinski definition) is 2. The molecule has 1 aliphatic heterocycles. The first-order valence-electron chi connectivity index (χ1n) is 12.2. The van der Waals surface area contributed by atoms with Gasteiger partial charge in [0.1, 0.15) is 0 Å². The van der Waals surface area contributed by atoms with Crippen LogP contribution in [-0.2, 0) is 0 Å². The summed E-state index contributed by atoms with van der Waals surface area (Å²) in [5.74, 6) is 1.86. The van der Waals surface area contributed by atoms with Gasteiger partial charge in [0.15, 0.2) is 0 Å². The molecule has 2 aromatic rings. The first kappa shape index (κ1) is 23.6. The van der Waals surface area contributed by atoms with E-state index in [-0.39, 0.29) is 0 Å². The van der Waals surface area contributed by atoms with Gasteiger partial charge < -0.3 is 0 Å². The molecule has 3 heterocycles. The van der Waals surface area contributed by atoms with Crippen molar-refractivity contribution in [3.8, 4) is 9.75 Å². The molecule has 0 saturated carbocycles. The van der Waals surface area contributed by atoms with Gasteiger partial charge in [0, 0.05) is 0 Å². The second-order valence-electron chi connectivity index (χ2n) is 9.52. The third-order valence-corrected chi connectivity index (χ3v) is 21.7. The molecule has 2 atom stereocenters. The molecule has 3 heteroatoms. The van der Waals surface area contributed by atoms with Crippen LogP contribution in [0.2, 0.25) is 10.5 Å². The topological polar surface area (TPSA) is 0 Å². The van der Waals surface area contributed by atoms with Crippen LogP contribution in [0.4, 0.5) is 0 Å². The molecule has 0 spiro atoms. The molecule has 0 radical (unpaired) electrons. The van der Waals surface area contributed by atoms with Gasteiger partial charge in [-0.05, 0) is 0 Å². The van der Waals surface area contributed by atoms with Crippen molar-refractivity contribution in [1.82, 2.24) is 0 Å². The molecule has 162 valence electrons. The fourth-order valence-electron chi connectivity index (χ4n) is 5.62. The zero-order valence-corrected chi connectivity index (χ0v) is 23.4. The fourth-order valence-corrected chi connectivity index (χ4v) is 24.5. The van der Waals surface area contributed by atoms with Crippen molar-refractivity contribution in [2.24, 2.45) is 11.8 Å². The van der Waals surface area contributed by atoms with Crippen LogP contribution in [0.5, 0.6) is 0 Å². The van der Waals surface area contributed by atoms with Crippen LogP contribution in [0.1, 0.15) is 88.8 Å². The van der Waals surface area contributed by atoms with E-state index in [1.54, 1.807) is 30.0 Å². The van der Waals surface area contributed by atoms with Gasteiger partial charge >= 0.3 is 192 Å². The Labute approximate surface area is 190 Å². The number of rotatable bonds is 12. The SMILES string of the molecule is CCCCC(CC)[CH2][Ge]1([CH2]C(CC)CCCC)[c]2cc(C)sc2-c2sc(C)c[c]21. The third kappa shape index (κ3) is 4.90. The van der Waals surface area contributed by atoms with E-state index < -0.39 is 13.3 Å². The van der Waals surface area contributed by atoms with Gasteiger partial charge in [-0.1, -0.05) is 0 Å². The van der Waals surface area contributed by atoms with Crippen LogP contribution in [0.15, 0.2) is 12.1 Å². The van der Waals surface area contributed by atoms with E-state index in [2.05, 4.69) is 76.3 Å². The molecule has 1 aliphatic rings. The molecule has 2 unspecified atom stereocenters. The average molecular weight is 491 g/mol. The summed E-state index contributed by atoms with van der Waals surface area (Å²) < 4.78 is 3.78. The average Bonchev–Trinajstić information content (AvgIpc) is 3.34. The summed E-state index contributed by atoms with van der Waals surface area (Å²) in [6.45, 7) is 14.3. The zero-order chi connectivity index (χ0) is 21.0. The van der Waals surface area contributed by atoms with Crippen molar-refractivity contribution in [3.63, 3.8) is 0 Å². The predicted octanol–water partition coefficient (Wildman–Crippen LogP) is 8.40. The Bertz CT molecular complexity index is 718. The summed E-state index contributed by atoms with van der Waals surface area (Å²) in [7, 11) is 0. The van der Waals surface area contributed by atoms with Gasteiger partial charge in [-0.25, -0.2) is 0 Å². The first-order valence-corrected chi connectivity index (χ1v) is 18.9. The summed E-state index contributed by atoms with van der Waals surface area (Å²) in [4.78, 5) is 6.49. The minimum absolute atomic E-state index is 0.929. The van der Waals surface area contributed by atoms with E-state index in [4.69, 9.17) is 0 Å². The predicted molar refractivity (Wildman–Crippen MR) is 138 cm³/mol. The number of thiophene rings is 2. The molecule has 0 aromatic carbocycles. The summed E-state index contributed by atoms with van der Waals surface area (Å²) in [5.41, 5.74) is 0. The number of unbranched alkanes of at least 4 members (excludes halogenated alkanes) is 2. The molecule has 0 nitrogen and oxygen atoms in total. The Morgan fingerprint density at radius 1 is 0.724 bits per heavy atom. The summed E-state index contributed by atoms with van der Waals surface area (Å²) >= 11 is 1.83. The van der Waals surface area contributed by atoms with Crippen molar-refractivity contribution in [2.75, 3.05) is 0 Å². The van der Waals surface area contributed by atoms with E-state index in [0.29, 0.717) is 0 Å². The third-order valence-electron chi connectivity index (χ3n) is 7.31. The standard InChI is InChI=1S/C26H42GeS2/c1-7-11-13-21(9-3)17-27(18-22(10-4)14-12-8-2)23-15-19(5)28-25(23)26-24(27)16-20(6)29-26/h15-16,21-22H,7-14,17-18H2,1-6H3. The molecule has 3 rings (SSSR count). The molecule has 29 heavy (non-hydrogen) atoms. The number of aryl methyl sites for hydroxylation is 2. The van der Waals surface area contributed by atoms with Crippen molar-refractivity contribution >= 4 is 44.7 Å². The Morgan fingerprint density at radius 3 is 1.48 bits per heavy atom. The van der Waals surface area contributed by atoms with Gasteiger partial charge in [0.2, 0.25) is 0 Å². The minimum atomic E-state index is -2.36. The Kier molecular flexibility index (Phi) is 8.55. The monoisotopic (exact) mass is 492 g/mol. The van der Waals surface area contributed by atoms with E-state index in [1.165, 1.54) is 51.4 Å². The summed E-state index contributed by atoms with van der Waals surface area (Å²) in [6.07, 6.45) is 11.1. The Balaban J connectivity index is 2.06. The summed E-state index contributed by atoms with van der Waals surface area (Å²) in [5, 5.41) is 3.09. The van der Waals surface area contributed by atoms with Crippen LogP contribution < -0.4 is 8.79 Å². The van der Waals surface area contributed by atoms with E-state index in [0.717, 1.165) is 11.8 Å². The Hall–Kier alpha value is -0.0571. The maximum absolute atomic E-state index is 2.65. The van der Waals surface area contributed by atoms with Crippen LogP contribution in [0.25, 0.3) is 9.75 Å². The van der Waals surface area contributed by atoms with Gasteiger partial charge in [-0.15, -0.1) is 0 Å². The van der Waals surface area contributed by atoms with Crippen molar-refractivity contribution in [2.45, 2.75) is 103 Å². The van der Waals surface area contributed by atoms with Gasteiger partial charge in [-0.2, -0.15) is 0 Å². The van der Waals surface area contributed by atoms with Crippen molar-refractivity contribution in [1.29, 1.82) is 0 Å². The molecule has 0 N–H and O–H groups in total. The van der Waals surface area contributed by atoms with Gasteiger partial charge in [-0.3, -0.25) is 0 Å². The number of hydrogen-bond donors (Lipinski definition) is 0. The Morgan fingerprint density at radius 2 is 1.14 bits per heavy atom. The maximum atomic E-state index is 2.65. The normalized spacial score (nSPS) is 16.6. The molecule has 2 aromatic heterocycles. The van der Waals surface area contributed by atoms with E-state index in [1.807, 2.05) is 8.79 Å². The van der Waals surface area contributed by atoms with E-state index >= 15 is 0 Å². The van der Waals surface area contributed by atoms with E-state index in [9.17, 15) is 0 Å².